The summed E-state index contributed by atoms with van der Waals surface area (Å²) in [6.07, 6.45) is -2.98. The van der Waals surface area contributed by atoms with Crippen molar-refractivity contribution in [2.45, 2.75) is 26.2 Å². The highest BCUT2D eigenvalue weighted by Gasteiger charge is 2.49. The molecule has 0 aromatic heterocycles. The second-order valence-electron chi connectivity index (χ2n) is 3.97. The molecule has 0 atom stereocenters. The topological polar surface area (TPSA) is 41.9 Å². The second-order valence-corrected chi connectivity index (χ2v) is 3.97. The van der Waals surface area contributed by atoms with Gasteiger partial charge in [0.2, 0.25) is 0 Å². The number of hydrogen-bond acceptors (Lipinski definition) is 4. The predicted octanol–water partition coefficient (Wildman–Crippen LogP) is 2.36. The van der Waals surface area contributed by atoms with Crippen molar-refractivity contribution in [3.8, 4) is 0 Å². The van der Waals surface area contributed by atoms with E-state index in [1.807, 2.05) is 0 Å². The van der Waals surface area contributed by atoms with E-state index in [1.165, 1.54) is 32.8 Å². The summed E-state index contributed by atoms with van der Waals surface area (Å²) in [4.78, 5) is 16.3. The molecule has 0 aromatic carbocycles. The molecule has 8 heteroatoms. The Morgan fingerprint density at radius 3 is 2.25 bits per heavy atom. The number of alkyl halides is 4. The van der Waals surface area contributed by atoms with E-state index in [4.69, 9.17) is 0 Å². The van der Waals surface area contributed by atoms with Gasteiger partial charge in [-0.1, -0.05) is 0 Å². The van der Waals surface area contributed by atoms with Gasteiger partial charge in [-0.2, -0.15) is 8.78 Å². The van der Waals surface area contributed by atoms with E-state index in [1.54, 1.807) is 0 Å². The largest absolute Gasteiger partial charge is 0.462 e. The Kier molecular flexibility index (Phi) is 7.23. The van der Waals surface area contributed by atoms with Crippen molar-refractivity contribution in [1.29, 1.82) is 0 Å². The lowest BCUT2D eigenvalue weighted by Gasteiger charge is -2.20. The molecule has 116 valence electrons. The van der Waals surface area contributed by atoms with Crippen LogP contribution in [0.5, 0.6) is 0 Å². The highest BCUT2D eigenvalue weighted by Crippen LogP contribution is 2.29. The third-order valence-electron chi connectivity index (χ3n) is 2.04. The summed E-state index contributed by atoms with van der Waals surface area (Å²) in [5.41, 5.74) is -1.94. The average Bonchev–Trinajstić information content (AvgIpc) is 2.33. The molecule has 0 saturated carbocycles. The fourth-order valence-electron chi connectivity index (χ4n) is 1.31. The van der Waals surface area contributed by atoms with Gasteiger partial charge in [-0.25, -0.2) is 13.6 Å². The third-order valence-corrected chi connectivity index (χ3v) is 2.04. The van der Waals surface area contributed by atoms with Crippen molar-refractivity contribution in [1.82, 2.24) is 4.90 Å². The molecule has 0 saturated heterocycles. The molecule has 0 amide bonds. The van der Waals surface area contributed by atoms with Crippen LogP contribution < -0.4 is 0 Å². The van der Waals surface area contributed by atoms with Crippen LogP contribution in [-0.4, -0.2) is 56.2 Å². The predicted molar refractivity (Wildman–Crippen MR) is 67.3 cm³/mol. The number of aliphatic imine (C=N–C) groups is 1. The quantitative estimate of drug-likeness (QED) is 0.313. The van der Waals surface area contributed by atoms with E-state index in [0.29, 0.717) is 0 Å². The van der Waals surface area contributed by atoms with Gasteiger partial charge >= 0.3 is 18.3 Å². The van der Waals surface area contributed by atoms with Gasteiger partial charge in [0.15, 0.2) is 0 Å². The fraction of sp³-hybridized carbons (Fsp3) is 0.667. The minimum Gasteiger partial charge on any atom is -0.462 e. The van der Waals surface area contributed by atoms with Crippen molar-refractivity contribution in [2.24, 2.45) is 4.99 Å². The molecular formula is C12H18F4N2O2. The standard InChI is InChI=1S/C12H18F4N2O2/c1-5-17-9(12(15,16)11(13)14)8(7-18(3)4)10(19)20-6-2/h7,11H,5-6H2,1-4H3. The van der Waals surface area contributed by atoms with Crippen LogP contribution in [0.3, 0.4) is 0 Å². The lowest BCUT2D eigenvalue weighted by atomic mass is 10.1. The van der Waals surface area contributed by atoms with Crippen LogP contribution in [0, 0.1) is 0 Å². The van der Waals surface area contributed by atoms with Gasteiger partial charge < -0.3 is 9.64 Å². The lowest BCUT2D eigenvalue weighted by Crippen LogP contribution is -2.40. The van der Waals surface area contributed by atoms with E-state index >= 15 is 0 Å². The Morgan fingerprint density at radius 1 is 1.35 bits per heavy atom. The Labute approximate surface area is 115 Å². The molecular weight excluding hydrogens is 280 g/mol. The number of carbonyl (C=O) groups excluding carboxylic acids is 1. The zero-order chi connectivity index (χ0) is 15.9. The smallest absolute Gasteiger partial charge is 0.349 e. The summed E-state index contributed by atoms with van der Waals surface area (Å²) in [5, 5.41) is 0. The van der Waals surface area contributed by atoms with E-state index < -0.39 is 29.6 Å². The van der Waals surface area contributed by atoms with Crippen molar-refractivity contribution in [3.63, 3.8) is 0 Å². The van der Waals surface area contributed by atoms with E-state index in [9.17, 15) is 22.4 Å². The monoisotopic (exact) mass is 298 g/mol. The second kappa shape index (κ2) is 7.86. The Balaban J connectivity index is 5.82. The molecule has 4 nitrogen and oxygen atoms in total. The maximum absolute atomic E-state index is 13.6. The number of esters is 1. The number of rotatable bonds is 7. The fourth-order valence-corrected chi connectivity index (χ4v) is 1.31. The van der Waals surface area contributed by atoms with E-state index in [-0.39, 0.29) is 13.2 Å². The van der Waals surface area contributed by atoms with Gasteiger partial charge in [0, 0.05) is 26.8 Å². The van der Waals surface area contributed by atoms with E-state index in [2.05, 4.69) is 9.73 Å². The number of nitrogens with zero attached hydrogens (tertiary/aromatic N) is 2. The van der Waals surface area contributed by atoms with Crippen LogP contribution in [0.15, 0.2) is 16.8 Å². The molecule has 0 N–H and O–H groups in total. The number of carbonyl (C=O) groups is 1. The Hall–Kier alpha value is -1.60. The first-order valence-electron chi connectivity index (χ1n) is 5.95. The van der Waals surface area contributed by atoms with Crippen LogP contribution >= 0.6 is 0 Å². The average molecular weight is 298 g/mol. The highest BCUT2D eigenvalue weighted by atomic mass is 19.3. The van der Waals surface area contributed by atoms with Gasteiger partial charge in [0.1, 0.15) is 11.3 Å². The summed E-state index contributed by atoms with van der Waals surface area (Å²) in [5.74, 6) is -5.64. The van der Waals surface area contributed by atoms with E-state index in [0.717, 1.165) is 6.20 Å². The molecule has 0 aliphatic rings. The first kappa shape index (κ1) is 18.4. The van der Waals surface area contributed by atoms with Gasteiger partial charge in [0.05, 0.1) is 6.61 Å². The minimum atomic E-state index is -4.52. The molecule has 0 heterocycles. The van der Waals surface area contributed by atoms with Gasteiger partial charge in [-0.05, 0) is 13.8 Å². The third kappa shape index (κ3) is 4.82. The zero-order valence-electron chi connectivity index (χ0n) is 11.8. The normalized spacial score (nSPS) is 13.7. The minimum absolute atomic E-state index is 0.0662. The molecule has 0 aromatic rings. The van der Waals surface area contributed by atoms with Gasteiger partial charge in [-0.15, -0.1) is 0 Å². The van der Waals surface area contributed by atoms with Gasteiger partial charge in [-0.3, -0.25) is 4.99 Å². The summed E-state index contributed by atoms with van der Waals surface area (Å²) in [6, 6.07) is 0. The van der Waals surface area contributed by atoms with Gasteiger partial charge in [0.25, 0.3) is 0 Å². The van der Waals surface area contributed by atoms with Crippen molar-refractivity contribution in [3.05, 3.63) is 11.8 Å². The number of halogens is 4. The molecule has 0 rings (SSSR count). The van der Waals surface area contributed by atoms with Crippen LogP contribution in [0.1, 0.15) is 13.8 Å². The molecule has 0 bridgehead atoms. The molecule has 0 spiro atoms. The zero-order valence-corrected chi connectivity index (χ0v) is 11.8. The molecule has 0 fully saturated rings. The number of hydrogen-bond donors (Lipinski definition) is 0. The van der Waals surface area contributed by atoms with Crippen LogP contribution in [0.2, 0.25) is 0 Å². The Morgan fingerprint density at radius 2 is 1.90 bits per heavy atom. The summed E-state index contributed by atoms with van der Waals surface area (Å²) < 4.78 is 56.7. The SMILES string of the molecule is CCN=C(C(=CN(C)C)C(=O)OCC)C(F)(F)C(F)F. The summed E-state index contributed by atoms with van der Waals surface area (Å²) >= 11 is 0. The molecule has 0 radical (unpaired) electrons. The van der Waals surface area contributed by atoms with Crippen LogP contribution in [-0.2, 0) is 9.53 Å². The van der Waals surface area contributed by atoms with Crippen molar-refractivity contribution >= 4 is 11.7 Å². The first-order valence-corrected chi connectivity index (χ1v) is 5.95. The van der Waals surface area contributed by atoms with Crippen LogP contribution in [0.25, 0.3) is 0 Å². The molecule has 0 aliphatic carbocycles. The highest BCUT2D eigenvalue weighted by molar-refractivity contribution is 6.22. The number of ether oxygens (including phenoxy) is 1. The molecule has 0 aliphatic heterocycles. The maximum Gasteiger partial charge on any atom is 0.349 e. The van der Waals surface area contributed by atoms with Crippen molar-refractivity contribution in [2.75, 3.05) is 27.2 Å². The summed E-state index contributed by atoms with van der Waals surface area (Å²) in [7, 11) is 2.92. The van der Waals surface area contributed by atoms with Crippen LogP contribution in [0.4, 0.5) is 17.6 Å². The lowest BCUT2D eigenvalue weighted by molar-refractivity contribution is -0.138. The maximum atomic E-state index is 13.6. The molecule has 0 unspecified atom stereocenters. The Bertz CT molecular complexity index is 393. The molecule has 20 heavy (non-hydrogen) atoms. The first-order chi connectivity index (χ1) is 9.18. The van der Waals surface area contributed by atoms with Crippen molar-refractivity contribution < 1.29 is 27.1 Å². The summed E-state index contributed by atoms with van der Waals surface area (Å²) in [6.45, 7) is 2.65.